The Kier molecular flexibility index (Phi) is 4.81. The van der Waals surface area contributed by atoms with E-state index in [0.717, 1.165) is 39.8 Å². The Morgan fingerprint density at radius 1 is 0.528 bits per heavy atom. The molecule has 2 heterocycles. The highest BCUT2D eigenvalue weighted by atomic mass is 16.3. The Labute approximate surface area is 208 Å². The zero-order chi connectivity index (χ0) is 23.9. The second-order valence-electron chi connectivity index (χ2n) is 8.87. The van der Waals surface area contributed by atoms with Gasteiger partial charge in [-0.2, -0.15) is 0 Å². The van der Waals surface area contributed by atoms with Crippen LogP contribution < -0.4 is 0 Å². The first-order valence-electron chi connectivity index (χ1n) is 12.0. The summed E-state index contributed by atoms with van der Waals surface area (Å²) in [5, 5.41) is 1.07. The molecule has 170 valence electrons. The summed E-state index contributed by atoms with van der Waals surface area (Å²) in [4.78, 5) is 14.7. The molecule has 0 saturated heterocycles. The highest BCUT2D eigenvalue weighted by Crippen LogP contribution is 2.42. The largest absolute Gasteiger partial charge is 0.456 e. The van der Waals surface area contributed by atoms with E-state index in [2.05, 4.69) is 36.4 Å². The lowest BCUT2D eigenvalue weighted by atomic mass is 9.99. The minimum absolute atomic E-state index is 0.644. The number of hydrogen-bond acceptors (Lipinski definition) is 4. The minimum atomic E-state index is 0.644. The molecule has 6 aromatic rings. The third kappa shape index (κ3) is 3.51. The number of rotatable bonds is 4. The number of hydrogen-bond donors (Lipinski definition) is 0. The fourth-order valence-electron chi connectivity index (χ4n) is 4.88. The van der Waals surface area contributed by atoms with E-state index in [-0.39, 0.29) is 0 Å². The van der Waals surface area contributed by atoms with Gasteiger partial charge in [-0.25, -0.2) is 15.0 Å². The molecular weight excluding hydrogens is 442 g/mol. The van der Waals surface area contributed by atoms with Crippen molar-refractivity contribution in [1.29, 1.82) is 0 Å². The van der Waals surface area contributed by atoms with Crippen LogP contribution in [0.3, 0.4) is 0 Å². The van der Waals surface area contributed by atoms with Crippen molar-refractivity contribution in [3.05, 3.63) is 126 Å². The molecule has 0 amide bonds. The second-order valence-corrected chi connectivity index (χ2v) is 8.87. The summed E-state index contributed by atoms with van der Waals surface area (Å²) < 4.78 is 6.31. The molecule has 0 saturated carbocycles. The van der Waals surface area contributed by atoms with E-state index >= 15 is 0 Å². The SMILES string of the molecule is C1=C(c2ccccc2)Cc2c1oc1cccc(-c3nc(-c4ccccc4)nc(-c4ccccc4)n3)c21. The first-order valence-corrected chi connectivity index (χ1v) is 12.0. The molecule has 4 aromatic carbocycles. The summed E-state index contributed by atoms with van der Waals surface area (Å²) in [5.74, 6) is 2.86. The van der Waals surface area contributed by atoms with Crippen LogP contribution in [-0.2, 0) is 6.42 Å². The molecule has 4 nitrogen and oxygen atoms in total. The molecule has 2 aromatic heterocycles. The topological polar surface area (TPSA) is 51.8 Å². The van der Waals surface area contributed by atoms with Crippen LogP contribution in [0.1, 0.15) is 16.9 Å². The van der Waals surface area contributed by atoms with Crippen molar-refractivity contribution in [3.8, 4) is 34.2 Å². The molecule has 7 rings (SSSR count). The van der Waals surface area contributed by atoms with Crippen LogP contribution in [0.2, 0.25) is 0 Å². The molecular formula is C32H21N3O. The van der Waals surface area contributed by atoms with Crippen molar-refractivity contribution in [3.63, 3.8) is 0 Å². The van der Waals surface area contributed by atoms with Crippen LogP contribution >= 0.6 is 0 Å². The lowest BCUT2D eigenvalue weighted by Gasteiger charge is -2.10. The Morgan fingerprint density at radius 3 is 1.69 bits per heavy atom. The minimum Gasteiger partial charge on any atom is -0.456 e. The van der Waals surface area contributed by atoms with Gasteiger partial charge in [0.05, 0.1) is 0 Å². The molecule has 1 aliphatic carbocycles. The van der Waals surface area contributed by atoms with Gasteiger partial charge in [-0.1, -0.05) is 103 Å². The molecule has 0 N–H and O–H groups in total. The maximum Gasteiger partial charge on any atom is 0.164 e. The first kappa shape index (κ1) is 20.5. The number of allylic oxidation sites excluding steroid dienone is 1. The Hall–Kier alpha value is -4.83. The number of benzene rings is 4. The standard InChI is InChI=1S/C32H21N3O/c1-4-11-21(12-5-1)24-19-26-28(20-24)36-27-18-10-17-25(29(26)27)32-34-30(22-13-6-2-7-14-22)33-31(35-32)23-15-8-3-9-16-23/h1-18,20H,19H2. The fraction of sp³-hybridized carbons (Fsp3) is 0.0312. The second kappa shape index (κ2) is 8.43. The molecule has 4 heteroatoms. The van der Waals surface area contributed by atoms with E-state index < -0.39 is 0 Å². The molecule has 0 fully saturated rings. The summed E-state index contributed by atoms with van der Waals surface area (Å²) in [6.07, 6.45) is 2.97. The molecule has 0 spiro atoms. The van der Waals surface area contributed by atoms with Crippen LogP contribution in [0, 0.1) is 0 Å². The normalized spacial score (nSPS) is 12.5. The van der Waals surface area contributed by atoms with Gasteiger partial charge >= 0.3 is 0 Å². The van der Waals surface area contributed by atoms with E-state index in [4.69, 9.17) is 19.4 Å². The Balaban J connectivity index is 1.41. The molecule has 36 heavy (non-hydrogen) atoms. The summed E-state index contributed by atoms with van der Waals surface area (Å²) in [6, 6.07) is 36.7. The average molecular weight is 464 g/mol. The lowest BCUT2D eigenvalue weighted by Crippen LogP contribution is -2.00. The third-order valence-electron chi connectivity index (χ3n) is 6.60. The Morgan fingerprint density at radius 2 is 1.08 bits per heavy atom. The van der Waals surface area contributed by atoms with Crippen LogP contribution in [-0.4, -0.2) is 15.0 Å². The van der Waals surface area contributed by atoms with E-state index in [1.807, 2.05) is 78.9 Å². The van der Waals surface area contributed by atoms with Gasteiger partial charge in [-0.05, 0) is 23.3 Å². The Bertz CT molecular complexity index is 1680. The number of aromatic nitrogens is 3. The van der Waals surface area contributed by atoms with Crippen molar-refractivity contribution < 1.29 is 4.42 Å². The molecule has 0 radical (unpaired) electrons. The van der Waals surface area contributed by atoms with Crippen molar-refractivity contribution in [2.45, 2.75) is 6.42 Å². The van der Waals surface area contributed by atoms with E-state index in [9.17, 15) is 0 Å². The molecule has 1 aliphatic rings. The van der Waals surface area contributed by atoms with Gasteiger partial charge in [0.15, 0.2) is 17.5 Å². The predicted octanol–water partition coefficient (Wildman–Crippen LogP) is 7.72. The van der Waals surface area contributed by atoms with Crippen LogP contribution in [0.25, 0.3) is 56.8 Å². The zero-order valence-electron chi connectivity index (χ0n) is 19.4. The zero-order valence-corrected chi connectivity index (χ0v) is 19.4. The van der Waals surface area contributed by atoms with E-state index in [1.54, 1.807) is 0 Å². The summed E-state index contributed by atoms with van der Waals surface area (Å²) in [6.45, 7) is 0. The number of nitrogens with zero attached hydrogens (tertiary/aromatic N) is 3. The van der Waals surface area contributed by atoms with Crippen molar-refractivity contribution in [1.82, 2.24) is 15.0 Å². The highest BCUT2D eigenvalue weighted by molar-refractivity contribution is 6.02. The van der Waals surface area contributed by atoms with Gasteiger partial charge in [0.25, 0.3) is 0 Å². The van der Waals surface area contributed by atoms with Crippen molar-refractivity contribution in [2.75, 3.05) is 0 Å². The van der Waals surface area contributed by atoms with Crippen LogP contribution in [0.15, 0.2) is 114 Å². The fourth-order valence-corrected chi connectivity index (χ4v) is 4.88. The van der Waals surface area contributed by atoms with Gasteiger partial charge in [0.1, 0.15) is 11.3 Å². The quantitative estimate of drug-likeness (QED) is 0.269. The highest BCUT2D eigenvalue weighted by Gasteiger charge is 2.25. The van der Waals surface area contributed by atoms with Crippen molar-refractivity contribution >= 4 is 22.6 Å². The number of fused-ring (bicyclic) bond motifs is 3. The number of furan rings is 1. The molecule has 0 atom stereocenters. The summed E-state index contributed by atoms with van der Waals surface area (Å²) in [5.41, 5.74) is 7.37. The monoisotopic (exact) mass is 463 g/mol. The van der Waals surface area contributed by atoms with E-state index in [1.165, 1.54) is 16.7 Å². The molecule has 0 aliphatic heterocycles. The van der Waals surface area contributed by atoms with Gasteiger partial charge in [-0.15, -0.1) is 0 Å². The summed E-state index contributed by atoms with van der Waals surface area (Å²) in [7, 11) is 0. The van der Waals surface area contributed by atoms with Gasteiger partial charge in [0.2, 0.25) is 0 Å². The smallest absolute Gasteiger partial charge is 0.164 e. The van der Waals surface area contributed by atoms with Gasteiger partial charge in [0, 0.05) is 34.1 Å². The lowest BCUT2D eigenvalue weighted by molar-refractivity contribution is 0.603. The summed E-state index contributed by atoms with van der Waals surface area (Å²) >= 11 is 0. The van der Waals surface area contributed by atoms with Gasteiger partial charge < -0.3 is 4.42 Å². The van der Waals surface area contributed by atoms with Crippen LogP contribution in [0.5, 0.6) is 0 Å². The molecule has 0 unspecified atom stereocenters. The third-order valence-corrected chi connectivity index (χ3v) is 6.60. The van der Waals surface area contributed by atoms with Crippen LogP contribution in [0.4, 0.5) is 0 Å². The van der Waals surface area contributed by atoms with E-state index in [0.29, 0.717) is 17.5 Å². The van der Waals surface area contributed by atoms with Gasteiger partial charge in [-0.3, -0.25) is 0 Å². The van der Waals surface area contributed by atoms with Crippen molar-refractivity contribution in [2.24, 2.45) is 0 Å². The maximum absolute atomic E-state index is 6.31. The first-order chi connectivity index (χ1) is 17.8. The predicted molar refractivity (Wildman–Crippen MR) is 144 cm³/mol. The average Bonchev–Trinajstić information content (AvgIpc) is 3.52. The molecule has 0 bridgehead atoms. The maximum atomic E-state index is 6.31.